The molecule has 1 saturated carbocycles. The van der Waals surface area contributed by atoms with Crippen molar-refractivity contribution in [2.45, 2.75) is 40.0 Å². The van der Waals surface area contributed by atoms with Crippen molar-refractivity contribution >= 4 is 5.97 Å². The fourth-order valence-corrected chi connectivity index (χ4v) is 2.44. The highest BCUT2D eigenvalue weighted by Gasteiger charge is 2.28. The second-order valence-corrected chi connectivity index (χ2v) is 4.66. The van der Waals surface area contributed by atoms with Gasteiger partial charge in [0.25, 0.3) is 0 Å². The number of carboxylic acid groups (broad SMARTS) is 1. The Bertz CT molecular complexity index is 241. The molecule has 1 aliphatic carbocycles. The summed E-state index contributed by atoms with van der Waals surface area (Å²) in [6, 6.07) is 0. The van der Waals surface area contributed by atoms with Gasteiger partial charge in [0.15, 0.2) is 0 Å². The van der Waals surface area contributed by atoms with Crippen molar-refractivity contribution in [1.29, 1.82) is 0 Å². The molecule has 1 fully saturated rings. The molecule has 2 atom stereocenters. The summed E-state index contributed by atoms with van der Waals surface area (Å²) in [7, 11) is 0. The van der Waals surface area contributed by atoms with Crippen molar-refractivity contribution in [2.24, 2.45) is 17.8 Å². The Morgan fingerprint density at radius 2 is 2.07 bits per heavy atom. The van der Waals surface area contributed by atoms with Crippen molar-refractivity contribution in [2.75, 3.05) is 0 Å². The van der Waals surface area contributed by atoms with Crippen LogP contribution < -0.4 is 0 Å². The first kappa shape index (κ1) is 11.3. The van der Waals surface area contributed by atoms with Gasteiger partial charge < -0.3 is 5.11 Å². The fourth-order valence-electron chi connectivity index (χ4n) is 2.44. The van der Waals surface area contributed by atoms with E-state index in [1.807, 2.05) is 6.08 Å². The van der Waals surface area contributed by atoms with Crippen LogP contribution >= 0.6 is 0 Å². The van der Waals surface area contributed by atoms with Crippen molar-refractivity contribution in [3.8, 4) is 0 Å². The number of allylic oxidation sites excluding steroid dienone is 1. The standard InChI is InChI=1S/C12H20O2/c1-8(2)11-6-4-5-10(11)7-9(3)12(13)14/h7-8,10-11H,4-6H2,1-3H3,(H,13,14)/b9-7+. The van der Waals surface area contributed by atoms with Crippen molar-refractivity contribution in [3.63, 3.8) is 0 Å². The maximum absolute atomic E-state index is 10.7. The van der Waals surface area contributed by atoms with Crippen LogP contribution in [0, 0.1) is 17.8 Å². The van der Waals surface area contributed by atoms with Crippen molar-refractivity contribution < 1.29 is 9.90 Å². The fraction of sp³-hybridized carbons (Fsp3) is 0.750. The zero-order valence-corrected chi connectivity index (χ0v) is 9.29. The number of hydrogen-bond acceptors (Lipinski definition) is 1. The Morgan fingerprint density at radius 3 is 2.57 bits per heavy atom. The van der Waals surface area contributed by atoms with Crippen LogP contribution in [-0.4, -0.2) is 11.1 Å². The Kier molecular flexibility index (Phi) is 3.73. The van der Waals surface area contributed by atoms with Gasteiger partial charge in [-0.1, -0.05) is 26.3 Å². The van der Waals surface area contributed by atoms with Gasteiger partial charge in [-0.25, -0.2) is 4.79 Å². The number of hydrogen-bond donors (Lipinski definition) is 1. The average Bonchev–Trinajstić information content (AvgIpc) is 2.52. The molecular formula is C12H20O2. The summed E-state index contributed by atoms with van der Waals surface area (Å²) in [4.78, 5) is 10.7. The number of rotatable bonds is 3. The lowest BCUT2D eigenvalue weighted by atomic mass is 9.85. The number of aliphatic carboxylic acids is 1. The van der Waals surface area contributed by atoms with E-state index in [1.165, 1.54) is 12.8 Å². The minimum atomic E-state index is -0.778. The first-order valence-corrected chi connectivity index (χ1v) is 5.44. The third-order valence-electron chi connectivity index (χ3n) is 3.28. The maximum atomic E-state index is 10.7. The molecule has 0 aliphatic heterocycles. The number of carboxylic acids is 1. The molecule has 0 aromatic rings. The van der Waals surface area contributed by atoms with Gasteiger partial charge in [-0.05, 0) is 37.5 Å². The van der Waals surface area contributed by atoms with E-state index in [1.54, 1.807) is 6.92 Å². The van der Waals surface area contributed by atoms with Gasteiger partial charge in [0.2, 0.25) is 0 Å². The van der Waals surface area contributed by atoms with Gasteiger partial charge in [-0.15, -0.1) is 0 Å². The molecule has 0 radical (unpaired) electrons. The Labute approximate surface area is 86.0 Å². The van der Waals surface area contributed by atoms with E-state index < -0.39 is 5.97 Å². The molecule has 14 heavy (non-hydrogen) atoms. The molecule has 0 spiro atoms. The summed E-state index contributed by atoms with van der Waals surface area (Å²) in [5.74, 6) is 1.06. The quantitative estimate of drug-likeness (QED) is 0.704. The minimum absolute atomic E-state index is 0.492. The van der Waals surface area contributed by atoms with Crippen molar-refractivity contribution in [1.82, 2.24) is 0 Å². The van der Waals surface area contributed by atoms with Gasteiger partial charge in [0, 0.05) is 5.57 Å². The zero-order valence-electron chi connectivity index (χ0n) is 9.29. The monoisotopic (exact) mass is 196 g/mol. The van der Waals surface area contributed by atoms with Crippen LogP contribution in [-0.2, 0) is 4.79 Å². The molecule has 1 rings (SSSR count). The Hall–Kier alpha value is -0.790. The van der Waals surface area contributed by atoms with Crippen LogP contribution in [0.25, 0.3) is 0 Å². The molecule has 2 heteroatoms. The Balaban J connectivity index is 2.68. The molecule has 0 heterocycles. The zero-order chi connectivity index (χ0) is 10.7. The molecule has 1 aliphatic rings. The van der Waals surface area contributed by atoms with E-state index in [0.29, 0.717) is 23.3 Å². The van der Waals surface area contributed by atoms with Gasteiger partial charge in [0.05, 0.1) is 0 Å². The summed E-state index contributed by atoms with van der Waals surface area (Å²) in [6.45, 7) is 6.15. The van der Waals surface area contributed by atoms with Gasteiger partial charge >= 0.3 is 5.97 Å². The Morgan fingerprint density at radius 1 is 1.43 bits per heavy atom. The van der Waals surface area contributed by atoms with E-state index in [-0.39, 0.29) is 0 Å². The molecule has 80 valence electrons. The summed E-state index contributed by atoms with van der Waals surface area (Å²) in [5.41, 5.74) is 0.502. The van der Waals surface area contributed by atoms with Crippen LogP contribution in [0.5, 0.6) is 0 Å². The normalized spacial score (nSPS) is 28.4. The summed E-state index contributed by atoms with van der Waals surface area (Å²) >= 11 is 0. The SMILES string of the molecule is C/C(=C\C1CCCC1C(C)C)C(=O)O. The van der Waals surface area contributed by atoms with Crippen LogP contribution in [0.3, 0.4) is 0 Å². The van der Waals surface area contributed by atoms with Gasteiger partial charge in [0.1, 0.15) is 0 Å². The predicted molar refractivity (Wildman–Crippen MR) is 57.1 cm³/mol. The van der Waals surface area contributed by atoms with Gasteiger partial charge in [-0.3, -0.25) is 0 Å². The smallest absolute Gasteiger partial charge is 0.330 e. The topological polar surface area (TPSA) is 37.3 Å². The molecule has 0 aromatic carbocycles. The average molecular weight is 196 g/mol. The first-order valence-electron chi connectivity index (χ1n) is 5.44. The molecule has 2 unspecified atom stereocenters. The van der Waals surface area contributed by atoms with Gasteiger partial charge in [-0.2, -0.15) is 0 Å². The minimum Gasteiger partial charge on any atom is -0.478 e. The van der Waals surface area contributed by atoms with E-state index in [0.717, 1.165) is 6.42 Å². The summed E-state index contributed by atoms with van der Waals surface area (Å²) in [6.07, 6.45) is 5.62. The third kappa shape index (κ3) is 2.60. The predicted octanol–water partition coefficient (Wildman–Crippen LogP) is 3.09. The van der Waals surface area contributed by atoms with E-state index in [9.17, 15) is 4.79 Å². The highest BCUT2D eigenvalue weighted by atomic mass is 16.4. The van der Waals surface area contributed by atoms with E-state index >= 15 is 0 Å². The maximum Gasteiger partial charge on any atom is 0.330 e. The van der Waals surface area contributed by atoms with E-state index in [4.69, 9.17) is 5.11 Å². The lowest BCUT2D eigenvalue weighted by Gasteiger charge is -2.20. The van der Waals surface area contributed by atoms with Crippen molar-refractivity contribution in [3.05, 3.63) is 11.6 Å². The first-order chi connectivity index (χ1) is 6.52. The molecular weight excluding hydrogens is 176 g/mol. The lowest BCUT2D eigenvalue weighted by molar-refractivity contribution is -0.132. The summed E-state index contributed by atoms with van der Waals surface area (Å²) in [5, 5.41) is 8.80. The molecule has 2 nitrogen and oxygen atoms in total. The molecule has 1 N–H and O–H groups in total. The number of carbonyl (C=O) groups is 1. The highest BCUT2D eigenvalue weighted by molar-refractivity contribution is 5.85. The summed E-state index contributed by atoms with van der Waals surface area (Å²) < 4.78 is 0. The van der Waals surface area contributed by atoms with Crippen LogP contribution in [0.15, 0.2) is 11.6 Å². The van der Waals surface area contributed by atoms with Crippen LogP contribution in [0.2, 0.25) is 0 Å². The molecule has 0 aromatic heterocycles. The lowest BCUT2D eigenvalue weighted by Crippen LogP contribution is -2.13. The molecule has 0 amide bonds. The molecule has 0 saturated heterocycles. The van der Waals surface area contributed by atoms with Crippen LogP contribution in [0.4, 0.5) is 0 Å². The second kappa shape index (κ2) is 4.63. The third-order valence-corrected chi connectivity index (χ3v) is 3.28. The van der Waals surface area contributed by atoms with E-state index in [2.05, 4.69) is 13.8 Å². The second-order valence-electron chi connectivity index (χ2n) is 4.66. The van der Waals surface area contributed by atoms with Crippen LogP contribution in [0.1, 0.15) is 40.0 Å². The molecule has 0 bridgehead atoms. The highest BCUT2D eigenvalue weighted by Crippen LogP contribution is 2.38. The largest absolute Gasteiger partial charge is 0.478 e.